The van der Waals surface area contributed by atoms with Crippen LogP contribution in [0.2, 0.25) is 0 Å². The van der Waals surface area contributed by atoms with Gasteiger partial charge in [-0.2, -0.15) is 0 Å². The van der Waals surface area contributed by atoms with Crippen LogP contribution in [0.4, 0.5) is 9.18 Å². The highest BCUT2D eigenvalue weighted by atomic mass is 19.1. The minimum atomic E-state index is -1.19. The van der Waals surface area contributed by atoms with Crippen molar-refractivity contribution in [3.8, 4) is 0 Å². The quantitative estimate of drug-likeness (QED) is 0.412. The van der Waals surface area contributed by atoms with Gasteiger partial charge in [0.05, 0.1) is 28.3 Å². The predicted molar refractivity (Wildman–Crippen MR) is 93.7 cm³/mol. The highest BCUT2D eigenvalue weighted by Crippen LogP contribution is 2.33. The summed E-state index contributed by atoms with van der Waals surface area (Å²) in [4.78, 5) is 37.7. The molecule has 4 rings (SSSR count). The minimum absolute atomic E-state index is 0.244. The number of carboxylic acid groups (broad SMARTS) is 1. The molecule has 0 saturated heterocycles. The second-order valence-corrected chi connectivity index (χ2v) is 6.51. The van der Waals surface area contributed by atoms with Gasteiger partial charge in [-0.25, -0.2) is 19.2 Å². The Kier molecular flexibility index (Phi) is 3.23. The van der Waals surface area contributed by atoms with Crippen molar-refractivity contribution in [3.63, 3.8) is 0 Å². The van der Waals surface area contributed by atoms with Crippen LogP contribution in [0.15, 0.2) is 29.3 Å². The molecule has 2 heterocycles. The van der Waals surface area contributed by atoms with Crippen LogP contribution < -0.4 is 10.9 Å². The molecule has 2 aromatic heterocycles. The first-order valence-electron chi connectivity index (χ1n) is 7.78. The summed E-state index contributed by atoms with van der Waals surface area (Å²) in [7, 11) is 0. The van der Waals surface area contributed by atoms with Gasteiger partial charge in [0.25, 0.3) is 5.56 Å². The lowest BCUT2D eigenvalue weighted by Crippen LogP contribution is -2.40. The van der Waals surface area contributed by atoms with Crippen LogP contribution >= 0.6 is 0 Å². The number of fused-ring (bicyclic) bond motifs is 6. The van der Waals surface area contributed by atoms with Crippen molar-refractivity contribution in [2.24, 2.45) is 0 Å². The van der Waals surface area contributed by atoms with Crippen LogP contribution in [-0.4, -0.2) is 31.1 Å². The molecule has 0 bridgehead atoms. The number of carbonyl (C=O) groups is 1. The normalized spacial score (nSPS) is 12.1. The summed E-state index contributed by atoms with van der Waals surface area (Å²) in [6.07, 6.45) is 0.0675. The van der Waals surface area contributed by atoms with E-state index in [4.69, 9.17) is 5.11 Å². The maximum absolute atomic E-state index is 13.8. The van der Waals surface area contributed by atoms with Crippen molar-refractivity contribution in [3.05, 3.63) is 46.5 Å². The summed E-state index contributed by atoms with van der Waals surface area (Å²) < 4.78 is 13.8. The standard InChI is InChI=1S/C17H14FN5O3/c1-17(2,23-16(25)26)15-21-11-8-4-3-7(18)5-9(8)10-12(13(11)22-15)19-6-20-14(10)24/h3-6,23H,1-2H3,(H,21,22)(H,25,26)(H,19,20,24). The molecular weight excluding hydrogens is 341 g/mol. The van der Waals surface area contributed by atoms with Crippen molar-refractivity contribution in [2.45, 2.75) is 19.4 Å². The monoisotopic (exact) mass is 355 g/mol. The third-order valence-corrected chi connectivity index (χ3v) is 4.31. The number of nitrogens with zero attached hydrogens (tertiary/aromatic N) is 2. The molecule has 8 nitrogen and oxygen atoms in total. The molecule has 4 aromatic rings. The number of hydrogen-bond donors (Lipinski definition) is 4. The lowest BCUT2D eigenvalue weighted by atomic mass is 10.0. The second kappa shape index (κ2) is 5.25. The Balaban J connectivity index is 2.18. The molecule has 0 aliphatic heterocycles. The SMILES string of the molecule is CC(C)(NC(=O)O)c1nc2c3ccc(F)cc3c3c(=O)[nH]cnc3c2[nH]1. The molecule has 0 spiro atoms. The molecule has 9 heteroatoms. The first-order valence-corrected chi connectivity index (χ1v) is 7.78. The number of aromatic amines is 2. The lowest BCUT2D eigenvalue weighted by molar-refractivity contribution is 0.181. The van der Waals surface area contributed by atoms with E-state index in [2.05, 4.69) is 25.3 Å². The van der Waals surface area contributed by atoms with Crippen LogP contribution in [-0.2, 0) is 5.54 Å². The number of benzene rings is 2. The average Bonchev–Trinajstić information content (AvgIpc) is 3.00. The Morgan fingerprint density at radius 1 is 1.27 bits per heavy atom. The van der Waals surface area contributed by atoms with E-state index in [-0.39, 0.29) is 5.39 Å². The zero-order chi connectivity index (χ0) is 18.6. The molecule has 132 valence electrons. The van der Waals surface area contributed by atoms with Gasteiger partial charge in [0.1, 0.15) is 17.2 Å². The molecule has 0 radical (unpaired) electrons. The van der Waals surface area contributed by atoms with Gasteiger partial charge in [-0.15, -0.1) is 0 Å². The minimum Gasteiger partial charge on any atom is -0.465 e. The Hall–Kier alpha value is -3.49. The van der Waals surface area contributed by atoms with E-state index in [9.17, 15) is 14.0 Å². The van der Waals surface area contributed by atoms with E-state index < -0.39 is 23.0 Å². The number of imidazole rings is 1. The van der Waals surface area contributed by atoms with E-state index in [1.807, 2.05) is 0 Å². The zero-order valence-electron chi connectivity index (χ0n) is 13.8. The van der Waals surface area contributed by atoms with E-state index in [0.29, 0.717) is 33.1 Å². The smallest absolute Gasteiger partial charge is 0.405 e. The maximum Gasteiger partial charge on any atom is 0.405 e. The lowest BCUT2D eigenvalue weighted by Gasteiger charge is -2.21. The van der Waals surface area contributed by atoms with Crippen molar-refractivity contribution < 1.29 is 14.3 Å². The Morgan fingerprint density at radius 3 is 2.77 bits per heavy atom. The topological polar surface area (TPSA) is 124 Å². The molecule has 0 aliphatic carbocycles. The molecule has 4 N–H and O–H groups in total. The summed E-state index contributed by atoms with van der Waals surface area (Å²) in [5.74, 6) is -0.125. The first kappa shape index (κ1) is 16.0. The Bertz CT molecular complexity index is 1260. The zero-order valence-corrected chi connectivity index (χ0v) is 13.8. The summed E-state index contributed by atoms with van der Waals surface area (Å²) in [6, 6.07) is 4.09. The predicted octanol–water partition coefficient (Wildman–Crippen LogP) is 2.59. The van der Waals surface area contributed by atoms with Gasteiger partial charge in [-0.1, -0.05) is 0 Å². The van der Waals surface area contributed by atoms with Crippen LogP contribution in [0, 0.1) is 5.82 Å². The summed E-state index contributed by atoms with van der Waals surface area (Å²) in [5.41, 5.74) is -0.0929. The largest absolute Gasteiger partial charge is 0.465 e. The van der Waals surface area contributed by atoms with Gasteiger partial charge in [0, 0.05) is 10.8 Å². The second-order valence-electron chi connectivity index (χ2n) is 6.51. The van der Waals surface area contributed by atoms with Crippen molar-refractivity contribution in [1.82, 2.24) is 25.3 Å². The highest BCUT2D eigenvalue weighted by molar-refractivity contribution is 6.21. The van der Waals surface area contributed by atoms with Crippen molar-refractivity contribution in [1.29, 1.82) is 0 Å². The van der Waals surface area contributed by atoms with Crippen molar-refractivity contribution >= 4 is 38.8 Å². The number of rotatable bonds is 2. The average molecular weight is 355 g/mol. The number of nitrogens with one attached hydrogen (secondary N) is 3. The number of halogens is 1. The molecular formula is C17H14FN5O3. The summed E-state index contributed by atoms with van der Waals surface area (Å²) in [6.45, 7) is 3.31. The van der Waals surface area contributed by atoms with Gasteiger partial charge in [0.15, 0.2) is 0 Å². The molecule has 0 aliphatic rings. The van der Waals surface area contributed by atoms with Gasteiger partial charge in [-0.05, 0) is 32.0 Å². The molecule has 2 aromatic carbocycles. The molecule has 26 heavy (non-hydrogen) atoms. The number of H-pyrrole nitrogens is 2. The number of aromatic nitrogens is 4. The van der Waals surface area contributed by atoms with Crippen LogP contribution in [0.5, 0.6) is 0 Å². The molecule has 0 fully saturated rings. The first-order chi connectivity index (χ1) is 12.3. The van der Waals surface area contributed by atoms with E-state index >= 15 is 0 Å². The van der Waals surface area contributed by atoms with Gasteiger partial charge < -0.3 is 20.4 Å². The van der Waals surface area contributed by atoms with Crippen LogP contribution in [0.1, 0.15) is 19.7 Å². The van der Waals surface area contributed by atoms with Crippen LogP contribution in [0.3, 0.4) is 0 Å². The molecule has 0 saturated carbocycles. The van der Waals surface area contributed by atoms with Gasteiger partial charge >= 0.3 is 6.09 Å². The number of amides is 1. The fourth-order valence-corrected chi connectivity index (χ4v) is 3.13. The molecule has 0 unspecified atom stereocenters. The van der Waals surface area contributed by atoms with Crippen LogP contribution in [0.25, 0.3) is 32.7 Å². The Morgan fingerprint density at radius 2 is 2.04 bits per heavy atom. The summed E-state index contributed by atoms with van der Waals surface area (Å²) >= 11 is 0. The molecule has 1 amide bonds. The number of hydrogen-bond acceptors (Lipinski definition) is 4. The third kappa shape index (κ3) is 2.28. The Labute approximate surface area is 145 Å². The molecule has 0 atom stereocenters. The fourth-order valence-electron chi connectivity index (χ4n) is 3.13. The maximum atomic E-state index is 13.8. The van der Waals surface area contributed by atoms with E-state index in [0.717, 1.165) is 0 Å². The van der Waals surface area contributed by atoms with E-state index in [1.165, 1.54) is 18.5 Å². The van der Waals surface area contributed by atoms with E-state index in [1.54, 1.807) is 19.9 Å². The third-order valence-electron chi connectivity index (χ3n) is 4.31. The van der Waals surface area contributed by atoms with Gasteiger partial charge in [0.2, 0.25) is 0 Å². The van der Waals surface area contributed by atoms with Crippen molar-refractivity contribution in [2.75, 3.05) is 0 Å². The summed E-state index contributed by atoms with van der Waals surface area (Å²) in [5, 5.41) is 12.6. The fraction of sp³-hybridized carbons (Fsp3) is 0.176. The van der Waals surface area contributed by atoms with Gasteiger partial charge in [-0.3, -0.25) is 4.79 Å². The highest BCUT2D eigenvalue weighted by Gasteiger charge is 2.28.